The van der Waals surface area contributed by atoms with Gasteiger partial charge in [-0.25, -0.2) is 0 Å². The molecule has 1 heterocycles. The van der Waals surface area contributed by atoms with E-state index in [0.717, 1.165) is 12.8 Å². The van der Waals surface area contributed by atoms with Crippen LogP contribution >= 0.6 is 0 Å². The van der Waals surface area contributed by atoms with E-state index in [-0.39, 0.29) is 12.5 Å². The SMILES string of the molecule is CC(C)c1ccc(CCNC(=O)CN2CCC[C@H]2C(=O)O)cc1. The Bertz CT molecular complexity index is 540. The van der Waals surface area contributed by atoms with E-state index < -0.39 is 12.0 Å². The lowest BCUT2D eigenvalue weighted by atomic mass is 10.0. The van der Waals surface area contributed by atoms with Crippen molar-refractivity contribution in [2.45, 2.75) is 45.1 Å². The molecule has 1 aromatic carbocycles. The predicted octanol–water partition coefficient (Wildman–Crippen LogP) is 2.02. The van der Waals surface area contributed by atoms with Gasteiger partial charge in [-0.3, -0.25) is 14.5 Å². The van der Waals surface area contributed by atoms with Crippen LogP contribution < -0.4 is 5.32 Å². The van der Waals surface area contributed by atoms with Gasteiger partial charge in [-0.1, -0.05) is 38.1 Å². The zero-order valence-corrected chi connectivity index (χ0v) is 13.9. The highest BCUT2D eigenvalue weighted by Gasteiger charge is 2.31. The number of amides is 1. The molecule has 0 bridgehead atoms. The van der Waals surface area contributed by atoms with Gasteiger partial charge in [-0.05, 0) is 42.9 Å². The Morgan fingerprint density at radius 1 is 1.30 bits per heavy atom. The number of carbonyl (C=O) groups excluding carboxylic acids is 1. The maximum absolute atomic E-state index is 12.0. The number of nitrogens with one attached hydrogen (secondary N) is 1. The first-order valence-electron chi connectivity index (χ1n) is 8.29. The van der Waals surface area contributed by atoms with Crippen LogP contribution in [0.3, 0.4) is 0 Å². The van der Waals surface area contributed by atoms with Crippen LogP contribution in [0.5, 0.6) is 0 Å². The molecule has 1 atom stereocenters. The smallest absolute Gasteiger partial charge is 0.320 e. The summed E-state index contributed by atoms with van der Waals surface area (Å²) in [6.45, 7) is 5.76. The van der Waals surface area contributed by atoms with E-state index in [1.165, 1.54) is 11.1 Å². The summed E-state index contributed by atoms with van der Waals surface area (Å²) in [5.74, 6) is -0.413. The first-order valence-corrected chi connectivity index (χ1v) is 8.29. The highest BCUT2D eigenvalue weighted by molar-refractivity contribution is 5.80. The summed E-state index contributed by atoms with van der Waals surface area (Å²) in [6.07, 6.45) is 2.25. The molecule has 1 fully saturated rings. The molecular weight excluding hydrogens is 292 g/mol. The lowest BCUT2D eigenvalue weighted by molar-refractivity contribution is -0.142. The van der Waals surface area contributed by atoms with Crippen molar-refractivity contribution in [1.29, 1.82) is 0 Å². The number of aliphatic carboxylic acids is 1. The fourth-order valence-corrected chi connectivity index (χ4v) is 2.95. The van der Waals surface area contributed by atoms with Crippen LogP contribution in [0.15, 0.2) is 24.3 Å². The van der Waals surface area contributed by atoms with Gasteiger partial charge in [-0.2, -0.15) is 0 Å². The van der Waals surface area contributed by atoms with Crippen molar-refractivity contribution in [1.82, 2.24) is 10.2 Å². The molecule has 1 aliphatic heterocycles. The second kappa shape index (κ2) is 8.11. The molecule has 2 N–H and O–H groups in total. The number of benzene rings is 1. The number of carboxylic acid groups (broad SMARTS) is 1. The Morgan fingerprint density at radius 3 is 2.61 bits per heavy atom. The van der Waals surface area contributed by atoms with Crippen molar-refractivity contribution in [3.05, 3.63) is 35.4 Å². The number of rotatable bonds is 7. The largest absolute Gasteiger partial charge is 0.480 e. The number of carbonyl (C=O) groups is 2. The molecule has 1 aromatic rings. The number of carboxylic acids is 1. The number of hydrogen-bond donors (Lipinski definition) is 2. The summed E-state index contributed by atoms with van der Waals surface area (Å²) in [6, 6.07) is 7.95. The van der Waals surface area contributed by atoms with Gasteiger partial charge in [0, 0.05) is 6.54 Å². The van der Waals surface area contributed by atoms with Crippen LogP contribution in [-0.4, -0.2) is 47.6 Å². The van der Waals surface area contributed by atoms with E-state index in [0.29, 0.717) is 25.4 Å². The summed E-state index contributed by atoms with van der Waals surface area (Å²) in [5.41, 5.74) is 2.51. The van der Waals surface area contributed by atoms with Crippen LogP contribution in [0.1, 0.15) is 43.7 Å². The van der Waals surface area contributed by atoms with Crippen molar-refractivity contribution < 1.29 is 14.7 Å². The monoisotopic (exact) mass is 318 g/mol. The first kappa shape index (κ1) is 17.5. The van der Waals surface area contributed by atoms with Gasteiger partial charge in [0.2, 0.25) is 5.91 Å². The van der Waals surface area contributed by atoms with Crippen LogP contribution in [0, 0.1) is 0 Å². The van der Waals surface area contributed by atoms with Crippen LogP contribution in [-0.2, 0) is 16.0 Å². The Balaban J connectivity index is 1.73. The van der Waals surface area contributed by atoms with Gasteiger partial charge < -0.3 is 10.4 Å². The molecule has 0 radical (unpaired) electrons. The summed E-state index contributed by atoms with van der Waals surface area (Å²) in [4.78, 5) is 24.8. The third-order valence-electron chi connectivity index (χ3n) is 4.38. The number of likely N-dealkylation sites (tertiary alicyclic amines) is 1. The highest BCUT2D eigenvalue weighted by atomic mass is 16.4. The van der Waals surface area contributed by atoms with Gasteiger partial charge >= 0.3 is 5.97 Å². The molecule has 5 nitrogen and oxygen atoms in total. The van der Waals surface area contributed by atoms with Crippen molar-refractivity contribution in [2.24, 2.45) is 0 Å². The van der Waals surface area contributed by atoms with Gasteiger partial charge in [0.25, 0.3) is 0 Å². The zero-order chi connectivity index (χ0) is 16.8. The molecule has 126 valence electrons. The fourth-order valence-electron chi connectivity index (χ4n) is 2.95. The second-order valence-corrected chi connectivity index (χ2v) is 6.46. The quantitative estimate of drug-likeness (QED) is 0.807. The molecule has 23 heavy (non-hydrogen) atoms. The Morgan fingerprint density at radius 2 is 2.00 bits per heavy atom. The standard InChI is InChI=1S/C18H26N2O3/c1-13(2)15-7-5-14(6-8-15)9-10-19-17(21)12-20-11-3-4-16(20)18(22)23/h5-8,13,16H,3-4,9-12H2,1-2H3,(H,19,21)(H,22,23)/t16-/m0/s1. The molecule has 0 spiro atoms. The van der Waals surface area contributed by atoms with Gasteiger partial charge in [0.1, 0.15) is 6.04 Å². The molecular formula is C18H26N2O3. The summed E-state index contributed by atoms with van der Waals surface area (Å²) < 4.78 is 0. The molecule has 5 heteroatoms. The molecule has 1 amide bonds. The van der Waals surface area contributed by atoms with Crippen LogP contribution in [0.4, 0.5) is 0 Å². The average Bonchev–Trinajstić information content (AvgIpc) is 2.96. The molecule has 0 saturated carbocycles. The molecule has 2 rings (SSSR count). The van der Waals surface area contributed by atoms with E-state index in [1.54, 1.807) is 4.90 Å². The normalized spacial score (nSPS) is 18.3. The number of nitrogens with zero attached hydrogens (tertiary/aromatic N) is 1. The van der Waals surface area contributed by atoms with Gasteiger partial charge in [-0.15, -0.1) is 0 Å². The highest BCUT2D eigenvalue weighted by Crippen LogP contribution is 2.17. The van der Waals surface area contributed by atoms with Crippen molar-refractivity contribution in [3.63, 3.8) is 0 Å². The Kier molecular flexibility index (Phi) is 6.16. The molecule has 0 unspecified atom stereocenters. The predicted molar refractivity (Wildman–Crippen MR) is 89.5 cm³/mol. The van der Waals surface area contributed by atoms with Gasteiger partial charge in [0.05, 0.1) is 6.54 Å². The maximum atomic E-state index is 12.0. The van der Waals surface area contributed by atoms with E-state index >= 15 is 0 Å². The maximum Gasteiger partial charge on any atom is 0.320 e. The second-order valence-electron chi connectivity index (χ2n) is 6.46. The summed E-state index contributed by atoms with van der Waals surface area (Å²) >= 11 is 0. The molecule has 1 saturated heterocycles. The molecule has 1 aliphatic rings. The van der Waals surface area contributed by atoms with E-state index in [4.69, 9.17) is 5.11 Å². The molecule has 0 aliphatic carbocycles. The van der Waals surface area contributed by atoms with Gasteiger partial charge in [0.15, 0.2) is 0 Å². The van der Waals surface area contributed by atoms with Crippen LogP contribution in [0.25, 0.3) is 0 Å². The topological polar surface area (TPSA) is 69.6 Å². The zero-order valence-electron chi connectivity index (χ0n) is 13.9. The first-order chi connectivity index (χ1) is 11.0. The third-order valence-corrected chi connectivity index (χ3v) is 4.38. The van der Waals surface area contributed by atoms with Crippen molar-refractivity contribution in [3.8, 4) is 0 Å². The lowest BCUT2D eigenvalue weighted by Gasteiger charge is -2.20. The van der Waals surface area contributed by atoms with Crippen molar-refractivity contribution in [2.75, 3.05) is 19.6 Å². The minimum Gasteiger partial charge on any atom is -0.480 e. The summed E-state index contributed by atoms with van der Waals surface area (Å²) in [5, 5.41) is 12.0. The summed E-state index contributed by atoms with van der Waals surface area (Å²) in [7, 11) is 0. The minimum absolute atomic E-state index is 0.100. The van der Waals surface area contributed by atoms with E-state index in [2.05, 4.69) is 43.4 Å². The number of hydrogen-bond acceptors (Lipinski definition) is 3. The Labute approximate surface area is 137 Å². The third kappa shape index (κ3) is 5.06. The lowest BCUT2D eigenvalue weighted by Crippen LogP contribution is -2.43. The Hall–Kier alpha value is -1.88. The van der Waals surface area contributed by atoms with Crippen molar-refractivity contribution >= 4 is 11.9 Å². The van der Waals surface area contributed by atoms with E-state index in [9.17, 15) is 9.59 Å². The fraction of sp³-hybridized carbons (Fsp3) is 0.556. The average molecular weight is 318 g/mol. The van der Waals surface area contributed by atoms with Crippen LogP contribution in [0.2, 0.25) is 0 Å². The molecule has 0 aromatic heterocycles. The minimum atomic E-state index is -0.833. The van der Waals surface area contributed by atoms with E-state index in [1.807, 2.05) is 0 Å².